The average molecular weight is 422 g/mol. The molecule has 0 spiro atoms. The second-order valence-electron chi connectivity index (χ2n) is 7.89. The Balaban J connectivity index is 1.36. The summed E-state index contributed by atoms with van der Waals surface area (Å²) >= 11 is 1.44. The maximum Gasteiger partial charge on any atom is 0.322 e. The largest absolute Gasteiger partial charge is 0.343 e. The summed E-state index contributed by atoms with van der Waals surface area (Å²) in [5, 5.41) is 4.00. The van der Waals surface area contributed by atoms with E-state index >= 15 is 0 Å². The fourth-order valence-corrected chi connectivity index (χ4v) is 4.52. The minimum absolute atomic E-state index is 0.0452. The van der Waals surface area contributed by atoms with Crippen LogP contribution < -0.4 is 10.2 Å². The molecule has 156 valence electrons. The lowest BCUT2D eigenvalue weighted by Crippen LogP contribution is -2.55. The normalized spacial score (nSPS) is 16.6. The average Bonchev–Trinajstić information content (AvgIpc) is 3.19. The number of hydrogen-bond acceptors (Lipinski definition) is 5. The molecule has 0 unspecified atom stereocenters. The van der Waals surface area contributed by atoms with Crippen molar-refractivity contribution in [1.82, 2.24) is 14.3 Å². The Morgan fingerprint density at radius 3 is 2.70 bits per heavy atom. The van der Waals surface area contributed by atoms with Crippen LogP contribution in [0.1, 0.15) is 29.4 Å². The molecule has 30 heavy (non-hydrogen) atoms. The first-order valence-corrected chi connectivity index (χ1v) is 11.0. The SMILES string of the molecule is Cc1ccc(NC(=O)N2CCN(c3nc(Cc4ccccc4)ns3)C[C@H]2C)c(C)c1. The van der Waals surface area contributed by atoms with Crippen LogP contribution in [0.3, 0.4) is 0 Å². The number of rotatable bonds is 4. The van der Waals surface area contributed by atoms with Gasteiger partial charge in [0.25, 0.3) is 0 Å². The number of aryl methyl sites for hydroxylation is 2. The third-order valence-corrected chi connectivity index (χ3v) is 6.26. The van der Waals surface area contributed by atoms with Crippen LogP contribution in [0.2, 0.25) is 0 Å². The summed E-state index contributed by atoms with van der Waals surface area (Å²) in [4.78, 5) is 21.7. The number of piperazine rings is 1. The number of carbonyl (C=O) groups is 1. The van der Waals surface area contributed by atoms with Gasteiger partial charge in [-0.3, -0.25) is 0 Å². The van der Waals surface area contributed by atoms with Gasteiger partial charge in [-0.15, -0.1) is 0 Å². The molecule has 0 bridgehead atoms. The Morgan fingerprint density at radius 2 is 1.97 bits per heavy atom. The zero-order valence-corrected chi connectivity index (χ0v) is 18.4. The second-order valence-corrected chi connectivity index (χ2v) is 8.62. The van der Waals surface area contributed by atoms with Crippen molar-refractivity contribution < 1.29 is 4.79 Å². The molecule has 3 aromatic rings. The maximum atomic E-state index is 12.8. The third kappa shape index (κ3) is 4.62. The summed E-state index contributed by atoms with van der Waals surface area (Å²) in [5.74, 6) is 0.851. The smallest absolute Gasteiger partial charge is 0.322 e. The standard InChI is InChI=1S/C23H27N5OS/c1-16-9-10-20(17(2)13-16)24-22(29)28-12-11-27(15-18(28)3)23-25-21(26-30-23)14-19-7-5-4-6-8-19/h4-10,13,18H,11-12,14-15H2,1-3H3,(H,24,29)/t18-/m1/s1. The molecule has 1 aliphatic heterocycles. The summed E-state index contributed by atoms with van der Waals surface area (Å²) < 4.78 is 4.53. The van der Waals surface area contributed by atoms with Gasteiger partial charge >= 0.3 is 6.03 Å². The van der Waals surface area contributed by atoms with E-state index in [0.29, 0.717) is 6.54 Å². The van der Waals surface area contributed by atoms with Crippen molar-refractivity contribution in [1.29, 1.82) is 0 Å². The van der Waals surface area contributed by atoms with Crippen LogP contribution in [0.5, 0.6) is 0 Å². The highest BCUT2D eigenvalue weighted by Gasteiger charge is 2.29. The number of hydrogen-bond donors (Lipinski definition) is 1. The van der Waals surface area contributed by atoms with E-state index in [9.17, 15) is 4.79 Å². The highest BCUT2D eigenvalue weighted by Crippen LogP contribution is 2.23. The number of aromatic nitrogens is 2. The number of anilines is 2. The van der Waals surface area contributed by atoms with E-state index in [1.807, 2.05) is 42.2 Å². The molecule has 1 N–H and O–H groups in total. The molecule has 1 fully saturated rings. The molecule has 6 nitrogen and oxygen atoms in total. The molecule has 1 aromatic heterocycles. The van der Waals surface area contributed by atoms with E-state index in [1.54, 1.807) is 0 Å². The zero-order valence-electron chi connectivity index (χ0n) is 17.6. The highest BCUT2D eigenvalue weighted by molar-refractivity contribution is 7.09. The summed E-state index contributed by atoms with van der Waals surface area (Å²) in [6, 6.07) is 16.4. The molecule has 1 atom stereocenters. The van der Waals surface area contributed by atoms with Crippen LogP contribution in [0, 0.1) is 13.8 Å². The van der Waals surface area contributed by atoms with Gasteiger partial charge < -0.3 is 15.1 Å². The van der Waals surface area contributed by atoms with Gasteiger partial charge in [0.1, 0.15) is 5.82 Å². The number of nitrogens with zero attached hydrogens (tertiary/aromatic N) is 4. The molecule has 4 rings (SSSR count). The monoisotopic (exact) mass is 421 g/mol. The van der Waals surface area contributed by atoms with Crippen LogP contribution in [-0.4, -0.2) is 46.0 Å². The molecule has 1 saturated heterocycles. The number of benzene rings is 2. The lowest BCUT2D eigenvalue weighted by molar-refractivity contribution is 0.185. The number of carbonyl (C=O) groups excluding carboxylic acids is 1. The lowest BCUT2D eigenvalue weighted by atomic mass is 10.1. The molecule has 0 aliphatic carbocycles. The molecule has 2 aromatic carbocycles. The van der Waals surface area contributed by atoms with Gasteiger partial charge in [-0.2, -0.15) is 4.37 Å². The summed E-state index contributed by atoms with van der Waals surface area (Å²) in [6.45, 7) is 8.32. The van der Waals surface area contributed by atoms with Gasteiger partial charge in [0.15, 0.2) is 0 Å². The van der Waals surface area contributed by atoms with Crippen molar-refractivity contribution in [2.45, 2.75) is 33.2 Å². The number of nitrogens with one attached hydrogen (secondary N) is 1. The van der Waals surface area contributed by atoms with Crippen molar-refractivity contribution in [2.75, 3.05) is 29.9 Å². The minimum Gasteiger partial charge on any atom is -0.343 e. The lowest BCUT2D eigenvalue weighted by Gasteiger charge is -2.39. The van der Waals surface area contributed by atoms with Crippen molar-refractivity contribution in [2.24, 2.45) is 0 Å². The summed E-state index contributed by atoms with van der Waals surface area (Å²) in [7, 11) is 0. The van der Waals surface area contributed by atoms with Gasteiger partial charge in [0, 0.05) is 49.3 Å². The Morgan fingerprint density at radius 1 is 1.17 bits per heavy atom. The molecular formula is C23H27N5OS. The van der Waals surface area contributed by atoms with Crippen molar-refractivity contribution >= 4 is 28.4 Å². The van der Waals surface area contributed by atoms with Crippen molar-refractivity contribution in [3.05, 3.63) is 71.0 Å². The predicted molar refractivity (Wildman–Crippen MR) is 122 cm³/mol. The Hall–Kier alpha value is -2.93. The number of amides is 2. The fraction of sp³-hybridized carbons (Fsp3) is 0.348. The minimum atomic E-state index is -0.0452. The molecule has 2 amide bonds. The van der Waals surface area contributed by atoms with E-state index in [0.717, 1.165) is 41.7 Å². The molecule has 0 saturated carbocycles. The summed E-state index contributed by atoms with van der Waals surface area (Å²) in [5.41, 5.74) is 4.35. The molecular weight excluding hydrogens is 394 g/mol. The van der Waals surface area contributed by atoms with Crippen LogP contribution in [-0.2, 0) is 6.42 Å². The molecule has 0 radical (unpaired) electrons. The van der Waals surface area contributed by atoms with Crippen LogP contribution in [0.25, 0.3) is 0 Å². The summed E-state index contributed by atoms with van der Waals surface area (Å²) in [6.07, 6.45) is 0.741. The fourth-order valence-electron chi connectivity index (χ4n) is 3.80. The van der Waals surface area contributed by atoms with E-state index in [2.05, 4.69) is 46.6 Å². The van der Waals surface area contributed by atoms with Gasteiger partial charge in [-0.05, 0) is 38.0 Å². The highest BCUT2D eigenvalue weighted by atomic mass is 32.1. The quantitative estimate of drug-likeness (QED) is 0.674. The Bertz CT molecular complexity index is 1020. The molecule has 7 heteroatoms. The second kappa shape index (κ2) is 8.83. The molecule has 2 heterocycles. The van der Waals surface area contributed by atoms with Crippen molar-refractivity contribution in [3.8, 4) is 0 Å². The molecule has 1 aliphatic rings. The van der Waals surface area contributed by atoms with Crippen LogP contribution >= 0.6 is 11.5 Å². The predicted octanol–water partition coefficient (Wildman–Crippen LogP) is 4.49. The van der Waals surface area contributed by atoms with Gasteiger partial charge in [0.05, 0.1) is 0 Å². The topological polar surface area (TPSA) is 61.4 Å². The number of urea groups is 1. The maximum absolute atomic E-state index is 12.8. The Kier molecular flexibility index (Phi) is 5.99. The van der Waals surface area contributed by atoms with Crippen LogP contribution in [0.15, 0.2) is 48.5 Å². The van der Waals surface area contributed by atoms with E-state index in [-0.39, 0.29) is 12.1 Å². The first kappa shape index (κ1) is 20.3. The van der Waals surface area contributed by atoms with E-state index < -0.39 is 0 Å². The van der Waals surface area contributed by atoms with Gasteiger partial charge in [0.2, 0.25) is 5.13 Å². The van der Waals surface area contributed by atoms with E-state index in [4.69, 9.17) is 4.98 Å². The third-order valence-electron chi connectivity index (χ3n) is 5.44. The van der Waals surface area contributed by atoms with Gasteiger partial charge in [-0.25, -0.2) is 9.78 Å². The Labute approximate surface area is 181 Å². The van der Waals surface area contributed by atoms with Gasteiger partial charge in [-0.1, -0.05) is 48.0 Å². The first-order chi connectivity index (χ1) is 14.5. The zero-order chi connectivity index (χ0) is 21.1. The van der Waals surface area contributed by atoms with E-state index in [1.165, 1.54) is 22.7 Å². The first-order valence-electron chi connectivity index (χ1n) is 10.3. The van der Waals surface area contributed by atoms with Crippen LogP contribution in [0.4, 0.5) is 15.6 Å². The van der Waals surface area contributed by atoms with Crippen molar-refractivity contribution in [3.63, 3.8) is 0 Å².